The van der Waals surface area contributed by atoms with Crippen LogP contribution in [-0.2, 0) is 20.9 Å². The lowest BCUT2D eigenvalue weighted by Crippen LogP contribution is -2.55. The molecule has 2 aromatic heterocycles. The summed E-state index contributed by atoms with van der Waals surface area (Å²) in [6.07, 6.45) is 8.11. The normalized spacial score (nSPS) is 22.2. The summed E-state index contributed by atoms with van der Waals surface area (Å²) in [7, 11) is 1.77. The van der Waals surface area contributed by atoms with Gasteiger partial charge in [-0.3, -0.25) is 19.6 Å². The smallest absolute Gasteiger partial charge is 0.254 e. The number of amides is 2. The number of hydrogen-bond donors (Lipinski definition) is 0. The molecule has 146 valence electrons. The Bertz CT molecular complexity index is 869. The molecule has 3 heterocycles. The van der Waals surface area contributed by atoms with Gasteiger partial charge in [-0.1, -0.05) is 6.07 Å². The largest absolute Gasteiger partial charge is 0.356 e. The van der Waals surface area contributed by atoms with E-state index in [9.17, 15) is 9.59 Å². The van der Waals surface area contributed by atoms with E-state index in [0.29, 0.717) is 6.54 Å². The molecule has 1 saturated carbocycles. The van der Waals surface area contributed by atoms with Crippen LogP contribution in [0, 0.1) is 6.92 Å². The van der Waals surface area contributed by atoms with Gasteiger partial charge in [-0.15, -0.1) is 0 Å². The third kappa shape index (κ3) is 3.62. The maximum atomic E-state index is 13.3. The molecule has 1 aliphatic heterocycles. The van der Waals surface area contributed by atoms with E-state index >= 15 is 0 Å². The van der Waals surface area contributed by atoms with Crippen LogP contribution in [0.4, 0.5) is 0 Å². The van der Waals surface area contributed by atoms with Crippen molar-refractivity contribution in [2.24, 2.45) is 0 Å². The van der Waals surface area contributed by atoms with E-state index in [1.165, 1.54) is 0 Å². The first-order valence-corrected chi connectivity index (χ1v) is 9.53. The maximum absolute atomic E-state index is 13.3. The van der Waals surface area contributed by atoms with Crippen LogP contribution < -0.4 is 0 Å². The molecule has 0 unspecified atom stereocenters. The first-order valence-electron chi connectivity index (χ1n) is 9.53. The molecule has 0 N–H and O–H groups in total. The molecule has 0 radical (unpaired) electrons. The van der Waals surface area contributed by atoms with Crippen LogP contribution in [0.2, 0.25) is 0 Å². The SMILES string of the molecule is Cc1cnccc1CN(C)C(=O)[C@H]1OCC(=O)N(C2CC2)[C@@H]1c1cccnc1. The fourth-order valence-corrected chi connectivity index (χ4v) is 3.73. The molecular weight excluding hydrogens is 356 g/mol. The summed E-state index contributed by atoms with van der Waals surface area (Å²) in [6, 6.07) is 5.38. The Morgan fingerprint density at radius 3 is 2.71 bits per heavy atom. The molecule has 28 heavy (non-hydrogen) atoms. The zero-order valence-corrected chi connectivity index (χ0v) is 16.1. The Morgan fingerprint density at radius 2 is 2.04 bits per heavy atom. The molecule has 1 saturated heterocycles. The van der Waals surface area contributed by atoms with Crippen molar-refractivity contribution < 1.29 is 14.3 Å². The number of rotatable bonds is 5. The lowest BCUT2D eigenvalue weighted by molar-refractivity contribution is -0.170. The Balaban J connectivity index is 1.61. The summed E-state index contributed by atoms with van der Waals surface area (Å²) >= 11 is 0. The van der Waals surface area contributed by atoms with Gasteiger partial charge in [0.25, 0.3) is 5.91 Å². The van der Waals surface area contributed by atoms with Crippen LogP contribution in [0.3, 0.4) is 0 Å². The molecule has 0 bridgehead atoms. The number of morpholine rings is 1. The number of carbonyl (C=O) groups is 2. The number of carbonyl (C=O) groups excluding carboxylic acids is 2. The fourth-order valence-electron chi connectivity index (χ4n) is 3.73. The lowest BCUT2D eigenvalue weighted by Gasteiger charge is -2.41. The van der Waals surface area contributed by atoms with Crippen molar-refractivity contribution in [3.63, 3.8) is 0 Å². The highest BCUT2D eigenvalue weighted by atomic mass is 16.5. The summed E-state index contributed by atoms with van der Waals surface area (Å²) in [4.78, 5) is 37.7. The zero-order valence-electron chi connectivity index (χ0n) is 16.1. The Hall–Kier alpha value is -2.80. The van der Waals surface area contributed by atoms with Gasteiger partial charge in [-0.2, -0.15) is 0 Å². The number of pyridine rings is 2. The Kier molecular flexibility index (Phi) is 5.09. The van der Waals surface area contributed by atoms with Crippen molar-refractivity contribution in [3.05, 3.63) is 59.7 Å². The van der Waals surface area contributed by atoms with Gasteiger partial charge in [-0.05, 0) is 48.6 Å². The van der Waals surface area contributed by atoms with Gasteiger partial charge < -0.3 is 14.5 Å². The van der Waals surface area contributed by atoms with Crippen molar-refractivity contribution in [3.8, 4) is 0 Å². The number of hydrogen-bond acceptors (Lipinski definition) is 5. The van der Waals surface area contributed by atoms with Crippen LogP contribution in [0.25, 0.3) is 0 Å². The number of aromatic nitrogens is 2. The molecule has 2 fully saturated rings. The maximum Gasteiger partial charge on any atom is 0.254 e. The average molecular weight is 380 g/mol. The quantitative estimate of drug-likeness (QED) is 0.792. The third-order valence-corrected chi connectivity index (χ3v) is 5.39. The second kappa shape index (κ2) is 7.67. The molecule has 4 rings (SSSR count). The average Bonchev–Trinajstić information content (AvgIpc) is 3.54. The lowest BCUT2D eigenvalue weighted by atomic mass is 9.97. The van der Waals surface area contributed by atoms with Gasteiger partial charge in [0.15, 0.2) is 6.10 Å². The molecular formula is C21H24N4O3. The van der Waals surface area contributed by atoms with E-state index in [0.717, 1.165) is 29.5 Å². The van der Waals surface area contributed by atoms with Crippen LogP contribution in [-0.4, -0.2) is 57.4 Å². The molecule has 2 aliphatic rings. The second-order valence-corrected chi connectivity index (χ2v) is 7.49. The van der Waals surface area contributed by atoms with Gasteiger partial charge in [0, 0.05) is 44.4 Å². The van der Waals surface area contributed by atoms with Crippen LogP contribution in [0.5, 0.6) is 0 Å². The Morgan fingerprint density at radius 1 is 1.25 bits per heavy atom. The second-order valence-electron chi connectivity index (χ2n) is 7.49. The third-order valence-electron chi connectivity index (χ3n) is 5.39. The number of ether oxygens (including phenoxy) is 1. The van der Waals surface area contributed by atoms with Crippen molar-refractivity contribution in [1.29, 1.82) is 0 Å². The standard InChI is InChI=1S/C21H24N4O3/c1-14-10-23-9-7-16(14)12-24(2)21(27)20-19(15-4-3-8-22-11-15)25(17-5-6-17)18(26)13-28-20/h3-4,7-11,17,19-20H,5-6,12-13H2,1-2H3/t19-,20+/m1/s1. The predicted octanol–water partition coefficient (Wildman–Crippen LogP) is 1.87. The zero-order chi connectivity index (χ0) is 19.7. The van der Waals surface area contributed by atoms with Crippen molar-refractivity contribution in [2.45, 2.75) is 44.5 Å². The predicted molar refractivity (Wildman–Crippen MR) is 102 cm³/mol. The summed E-state index contributed by atoms with van der Waals surface area (Å²) < 4.78 is 5.79. The van der Waals surface area contributed by atoms with Gasteiger partial charge in [-0.25, -0.2) is 0 Å². The van der Waals surface area contributed by atoms with Crippen molar-refractivity contribution in [1.82, 2.24) is 19.8 Å². The van der Waals surface area contributed by atoms with Crippen LogP contribution in [0.15, 0.2) is 43.0 Å². The van der Waals surface area contributed by atoms with E-state index < -0.39 is 12.1 Å². The fraction of sp³-hybridized carbons (Fsp3) is 0.429. The molecule has 2 amide bonds. The van der Waals surface area contributed by atoms with E-state index in [4.69, 9.17) is 4.74 Å². The minimum atomic E-state index is -0.741. The van der Waals surface area contributed by atoms with Crippen molar-refractivity contribution in [2.75, 3.05) is 13.7 Å². The first-order chi connectivity index (χ1) is 13.6. The first kappa shape index (κ1) is 18.6. The van der Waals surface area contributed by atoms with Gasteiger partial charge in [0.2, 0.25) is 5.91 Å². The van der Waals surface area contributed by atoms with Gasteiger partial charge >= 0.3 is 0 Å². The van der Waals surface area contributed by atoms with E-state index in [1.807, 2.05) is 30.0 Å². The van der Waals surface area contributed by atoms with E-state index in [-0.39, 0.29) is 24.5 Å². The molecule has 0 aromatic carbocycles. The monoisotopic (exact) mass is 380 g/mol. The summed E-state index contributed by atoms with van der Waals surface area (Å²) in [6.45, 7) is 2.37. The highest BCUT2D eigenvalue weighted by molar-refractivity contribution is 5.86. The van der Waals surface area contributed by atoms with Crippen LogP contribution >= 0.6 is 0 Å². The Labute approximate surface area is 164 Å². The number of aryl methyl sites for hydroxylation is 1. The molecule has 7 nitrogen and oxygen atoms in total. The highest BCUT2D eigenvalue weighted by Crippen LogP contribution is 2.39. The highest BCUT2D eigenvalue weighted by Gasteiger charge is 2.48. The minimum absolute atomic E-state index is 0.0620. The summed E-state index contributed by atoms with van der Waals surface area (Å²) in [5.41, 5.74) is 2.90. The minimum Gasteiger partial charge on any atom is -0.356 e. The van der Waals surface area contributed by atoms with E-state index in [2.05, 4.69) is 9.97 Å². The molecule has 1 aliphatic carbocycles. The van der Waals surface area contributed by atoms with Crippen LogP contribution in [0.1, 0.15) is 35.6 Å². The molecule has 2 aromatic rings. The topological polar surface area (TPSA) is 75.6 Å². The van der Waals surface area contributed by atoms with Gasteiger partial charge in [0.1, 0.15) is 6.61 Å². The number of likely N-dealkylation sites (N-methyl/N-ethyl adjacent to an activating group) is 1. The number of nitrogens with zero attached hydrogens (tertiary/aromatic N) is 4. The van der Waals surface area contributed by atoms with E-state index in [1.54, 1.807) is 36.7 Å². The molecule has 7 heteroatoms. The molecule has 0 spiro atoms. The van der Waals surface area contributed by atoms with Crippen molar-refractivity contribution >= 4 is 11.8 Å². The summed E-state index contributed by atoms with van der Waals surface area (Å²) in [5.74, 6) is -0.198. The molecule has 2 atom stereocenters. The summed E-state index contributed by atoms with van der Waals surface area (Å²) in [5, 5.41) is 0. The van der Waals surface area contributed by atoms with Gasteiger partial charge in [0.05, 0.1) is 6.04 Å².